The number of allylic oxidation sites excluding steroid dienone is 1. The van der Waals surface area contributed by atoms with Gasteiger partial charge in [0.05, 0.1) is 0 Å². The van der Waals surface area contributed by atoms with Crippen molar-refractivity contribution in [3.05, 3.63) is 41.0 Å². The van der Waals surface area contributed by atoms with Crippen molar-refractivity contribution in [1.29, 1.82) is 0 Å². The maximum absolute atomic E-state index is 5.71. The summed E-state index contributed by atoms with van der Waals surface area (Å²) in [7, 11) is 0. The minimum absolute atomic E-state index is 0.625. The van der Waals surface area contributed by atoms with Crippen molar-refractivity contribution in [1.82, 2.24) is 0 Å². The first-order chi connectivity index (χ1) is 6.33. The minimum Gasteiger partial charge on any atom is -0.326 e. The zero-order valence-electron chi connectivity index (χ0n) is 7.96. The molecular formula is C12H15N. The van der Waals surface area contributed by atoms with Crippen molar-refractivity contribution in [2.24, 2.45) is 5.73 Å². The maximum atomic E-state index is 5.71. The van der Waals surface area contributed by atoms with Gasteiger partial charge in [-0.25, -0.2) is 0 Å². The molecule has 1 atom stereocenters. The van der Waals surface area contributed by atoms with E-state index in [1.54, 1.807) is 0 Å². The predicted octanol–water partition coefficient (Wildman–Crippen LogP) is 2.67. The lowest BCUT2D eigenvalue weighted by molar-refractivity contribution is 0.756. The van der Waals surface area contributed by atoms with E-state index in [0.29, 0.717) is 12.5 Å². The molecule has 0 heterocycles. The summed E-state index contributed by atoms with van der Waals surface area (Å²) < 4.78 is 0. The van der Waals surface area contributed by atoms with Gasteiger partial charge in [0.15, 0.2) is 0 Å². The number of hydrogen-bond acceptors (Lipinski definition) is 1. The van der Waals surface area contributed by atoms with E-state index >= 15 is 0 Å². The third-order valence-electron chi connectivity index (χ3n) is 2.73. The highest BCUT2D eigenvalue weighted by atomic mass is 14.5. The molecular weight excluding hydrogens is 158 g/mol. The molecule has 1 heteroatoms. The van der Waals surface area contributed by atoms with Crippen LogP contribution in [-0.2, 0) is 6.54 Å². The first-order valence-corrected chi connectivity index (χ1v) is 4.81. The molecule has 0 fully saturated rings. The Morgan fingerprint density at radius 2 is 2.31 bits per heavy atom. The van der Waals surface area contributed by atoms with E-state index in [1.807, 2.05) is 0 Å². The van der Waals surface area contributed by atoms with Crippen LogP contribution in [0, 0.1) is 0 Å². The maximum Gasteiger partial charge on any atom is 0.0181 e. The monoisotopic (exact) mass is 173 g/mol. The van der Waals surface area contributed by atoms with Crippen LogP contribution in [0.4, 0.5) is 0 Å². The minimum atomic E-state index is 0.625. The first kappa shape index (κ1) is 8.52. The van der Waals surface area contributed by atoms with Crippen LogP contribution in [0.1, 0.15) is 36.0 Å². The molecule has 0 saturated heterocycles. The molecule has 2 rings (SSSR count). The van der Waals surface area contributed by atoms with E-state index < -0.39 is 0 Å². The van der Waals surface area contributed by atoms with E-state index in [0.717, 1.165) is 6.42 Å². The Morgan fingerprint density at radius 1 is 1.46 bits per heavy atom. The van der Waals surface area contributed by atoms with E-state index in [2.05, 4.69) is 37.3 Å². The summed E-state index contributed by atoms with van der Waals surface area (Å²) in [5, 5.41) is 0. The van der Waals surface area contributed by atoms with Crippen LogP contribution in [0.15, 0.2) is 24.3 Å². The van der Waals surface area contributed by atoms with E-state index in [1.165, 1.54) is 16.7 Å². The summed E-state index contributed by atoms with van der Waals surface area (Å²) in [6, 6.07) is 6.39. The Balaban J connectivity index is 2.58. The fourth-order valence-corrected chi connectivity index (χ4v) is 2.07. The van der Waals surface area contributed by atoms with Gasteiger partial charge in [-0.1, -0.05) is 37.3 Å². The zero-order valence-corrected chi connectivity index (χ0v) is 7.96. The van der Waals surface area contributed by atoms with Crippen LogP contribution in [0.5, 0.6) is 0 Å². The van der Waals surface area contributed by atoms with Crippen LogP contribution in [0.25, 0.3) is 6.08 Å². The molecule has 1 aliphatic carbocycles. The third kappa shape index (κ3) is 1.40. The Kier molecular flexibility index (Phi) is 2.19. The number of fused-ring (bicyclic) bond motifs is 1. The number of rotatable bonds is 1. The van der Waals surface area contributed by atoms with E-state index in [4.69, 9.17) is 5.73 Å². The largest absolute Gasteiger partial charge is 0.326 e. The van der Waals surface area contributed by atoms with Crippen molar-refractivity contribution >= 4 is 6.08 Å². The second-order valence-electron chi connectivity index (χ2n) is 3.66. The van der Waals surface area contributed by atoms with E-state index in [-0.39, 0.29) is 0 Å². The molecule has 1 unspecified atom stereocenters. The Labute approximate surface area is 79.3 Å². The SMILES string of the molecule is CC1CC=Cc2cccc(CN)c21. The fraction of sp³-hybridized carbons (Fsp3) is 0.333. The molecule has 1 aliphatic rings. The number of nitrogens with two attached hydrogens (primary N) is 1. The fourth-order valence-electron chi connectivity index (χ4n) is 2.07. The van der Waals surface area contributed by atoms with E-state index in [9.17, 15) is 0 Å². The summed E-state index contributed by atoms with van der Waals surface area (Å²) >= 11 is 0. The van der Waals surface area contributed by atoms with Crippen LogP contribution in [-0.4, -0.2) is 0 Å². The smallest absolute Gasteiger partial charge is 0.0181 e. The molecule has 68 valence electrons. The van der Waals surface area contributed by atoms with Crippen LogP contribution >= 0.6 is 0 Å². The summed E-state index contributed by atoms with van der Waals surface area (Å²) in [6.07, 6.45) is 5.59. The topological polar surface area (TPSA) is 26.0 Å². The summed E-state index contributed by atoms with van der Waals surface area (Å²) in [5.41, 5.74) is 9.81. The summed E-state index contributed by atoms with van der Waals surface area (Å²) in [6.45, 7) is 2.92. The molecule has 2 N–H and O–H groups in total. The molecule has 0 aromatic heterocycles. The van der Waals surface area contributed by atoms with Crippen molar-refractivity contribution < 1.29 is 0 Å². The van der Waals surface area contributed by atoms with Gasteiger partial charge in [0.2, 0.25) is 0 Å². The summed E-state index contributed by atoms with van der Waals surface area (Å²) in [5.74, 6) is 0.625. The Hall–Kier alpha value is -1.08. The molecule has 1 aromatic carbocycles. The predicted molar refractivity (Wildman–Crippen MR) is 56.4 cm³/mol. The Morgan fingerprint density at radius 3 is 3.08 bits per heavy atom. The molecule has 0 amide bonds. The lowest BCUT2D eigenvalue weighted by atomic mass is 9.85. The first-order valence-electron chi connectivity index (χ1n) is 4.81. The van der Waals surface area contributed by atoms with Crippen LogP contribution < -0.4 is 5.73 Å². The average Bonchev–Trinajstić information content (AvgIpc) is 2.17. The second-order valence-corrected chi connectivity index (χ2v) is 3.66. The molecule has 0 bridgehead atoms. The Bertz CT molecular complexity index is 339. The molecule has 0 saturated carbocycles. The highest BCUT2D eigenvalue weighted by molar-refractivity contribution is 5.59. The summed E-state index contributed by atoms with van der Waals surface area (Å²) in [4.78, 5) is 0. The number of benzene rings is 1. The van der Waals surface area contributed by atoms with Gasteiger partial charge in [-0.3, -0.25) is 0 Å². The van der Waals surface area contributed by atoms with Crippen LogP contribution in [0.2, 0.25) is 0 Å². The van der Waals surface area contributed by atoms with Gasteiger partial charge in [0.1, 0.15) is 0 Å². The van der Waals surface area contributed by atoms with Crippen molar-refractivity contribution in [3.63, 3.8) is 0 Å². The van der Waals surface area contributed by atoms with Crippen molar-refractivity contribution in [3.8, 4) is 0 Å². The van der Waals surface area contributed by atoms with Crippen LogP contribution in [0.3, 0.4) is 0 Å². The molecule has 0 spiro atoms. The standard InChI is InChI=1S/C12H15N/c1-9-4-2-5-10-6-3-7-11(8-13)12(9)10/h2-3,5-7,9H,4,8,13H2,1H3. The highest BCUT2D eigenvalue weighted by Gasteiger charge is 2.14. The molecule has 1 aromatic rings. The van der Waals surface area contributed by atoms with Gasteiger partial charge in [-0.2, -0.15) is 0 Å². The van der Waals surface area contributed by atoms with Gasteiger partial charge in [-0.15, -0.1) is 0 Å². The lowest BCUT2D eigenvalue weighted by Gasteiger charge is -2.20. The normalized spacial score (nSPS) is 20.0. The molecule has 1 nitrogen and oxygen atoms in total. The van der Waals surface area contributed by atoms with Gasteiger partial charge < -0.3 is 5.73 Å². The van der Waals surface area contributed by atoms with Crippen molar-refractivity contribution in [2.75, 3.05) is 0 Å². The second kappa shape index (κ2) is 3.35. The van der Waals surface area contributed by atoms with Gasteiger partial charge in [-0.05, 0) is 29.0 Å². The van der Waals surface area contributed by atoms with Crippen molar-refractivity contribution in [2.45, 2.75) is 25.8 Å². The van der Waals surface area contributed by atoms with Gasteiger partial charge in [0.25, 0.3) is 0 Å². The molecule has 13 heavy (non-hydrogen) atoms. The zero-order chi connectivity index (χ0) is 9.26. The quantitative estimate of drug-likeness (QED) is 0.694. The lowest BCUT2D eigenvalue weighted by Crippen LogP contribution is -2.08. The third-order valence-corrected chi connectivity index (χ3v) is 2.73. The molecule has 0 aliphatic heterocycles. The highest BCUT2D eigenvalue weighted by Crippen LogP contribution is 2.31. The van der Waals surface area contributed by atoms with Gasteiger partial charge >= 0.3 is 0 Å². The average molecular weight is 173 g/mol. The van der Waals surface area contributed by atoms with Gasteiger partial charge in [0, 0.05) is 6.54 Å². The molecule has 0 radical (unpaired) electrons. The number of hydrogen-bond donors (Lipinski definition) is 1.